The lowest BCUT2D eigenvalue weighted by Crippen LogP contribution is -2.49. The Kier molecular flexibility index (Phi) is 6.01. The number of rotatable bonds is 6. The summed E-state index contributed by atoms with van der Waals surface area (Å²) < 4.78 is 35.7. The van der Waals surface area contributed by atoms with Gasteiger partial charge in [0.25, 0.3) is 0 Å². The molecule has 2 aliphatic heterocycles. The molecule has 11 heteroatoms. The average Bonchev–Trinajstić information content (AvgIpc) is 3.31. The van der Waals surface area contributed by atoms with Crippen molar-refractivity contribution in [1.82, 2.24) is 19.3 Å². The van der Waals surface area contributed by atoms with Crippen LogP contribution in [0, 0.1) is 11.3 Å². The van der Waals surface area contributed by atoms with Crippen molar-refractivity contribution in [2.24, 2.45) is 0 Å². The SMILES string of the molecule is CS(=O)(=O)N1CCN(c2nc(CCC3OC=CO3)nc(-c3ccc(C#N)cc3)n2)CC1. The standard InChI is InChI=1S/C20H22N6O4S/c1-31(27,28)26-10-8-25(9-11-26)20-23-17(6-7-18-29-12-13-30-18)22-19(24-20)16-4-2-15(14-21)3-5-16/h2-5,12-13,18H,6-11H2,1H3. The predicted octanol–water partition coefficient (Wildman–Crippen LogP) is 1.27. The van der Waals surface area contributed by atoms with Crippen LogP contribution in [0.25, 0.3) is 11.4 Å². The molecule has 0 bridgehead atoms. The van der Waals surface area contributed by atoms with Crippen molar-refractivity contribution >= 4 is 16.0 Å². The summed E-state index contributed by atoms with van der Waals surface area (Å²) in [6.07, 6.45) is 4.96. The molecule has 0 aliphatic carbocycles. The Morgan fingerprint density at radius 3 is 2.35 bits per heavy atom. The van der Waals surface area contributed by atoms with E-state index < -0.39 is 10.0 Å². The van der Waals surface area contributed by atoms with Gasteiger partial charge in [-0.3, -0.25) is 0 Å². The predicted molar refractivity (Wildman–Crippen MR) is 112 cm³/mol. The highest BCUT2D eigenvalue weighted by atomic mass is 32.2. The number of nitrogens with zero attached hydrogens (tertiary/aromatic N) is 6. The number of benzene rings is 1. The molecular weight excluding hydrogens is 420 g/mol. The second kappa shape index (κ2) is 8.87. The quantitative estimate of drug-likeness (QED) is 0.651. The van der Waals surface area contributed by atoms with Gasteiger partial charge in [-0.15, -0.1) is 0 Å². The fraction of sp³-hybridized carbons (Fsp3) is 0.400. The largest absolute Gasteiger partial charge is 0.459 e. The van der Waals surface area contributed by atoms with E-state index in [4.69, 9.17) is 14.7 Å². The minimum Gasteiger partial charge on any atom is -0.459 e. The first-order valence-corrected chi connectivity index (χ1v) is 11.7. The topological polar surface area (TPSA) is 122 Å². The van der Waals surface area contributed by atoms with Crippen molar-refractivity contribution in [3.05, 3.63) is 48.2 Å². The summed E-state index contributed by atoms with van der Waals surface area (Å²) in [4.78, 5) is 15.8. The van der Waals surface area contributed by atoms with Crippen molar-refractivity contribution < 1.29 is 17.9 Å². The molecule has 2 aliphatic rings. The molecule has 0 radical (unpaired) electrons. The molecule has 2 aromatic rings. The van der Waals surface area contributed by atoms with Crippen LogP contribution in [0.3, 0.4) is 0 Å². The number of aromatic nitrogens is 3. The summed E-state index contributed by atoms with van der Waals surface area (Å²) in [5.74, 6) is 1.60. The molecular formula is C20H22N6O4S. The molecule has 3 heterocycles. The van der Waals surface area contributed by atoms with E-state index in [1.807, 2.05) is 4.90 Å². The number of hydrogen-bond donors (Lipinski definition) is 0. The maximum Gasteiger partial charge on any atom is 0.240 e. The molecule has 1 fully saturated rings. The van der Waals surface area contributed by atoms with E-state index in [0.29, 0.717) is 62.2 Å². The zero-order chi connectivity index (χ0) is 21.8. The van der Waals surface area contributed by atoms with Gasteiger partial charge in [0.15, 0.2) is 5.82 Å². The smallest absolute Gasteiger partial charge is 0.240 e. The Labute approximate surface area is 180 Å². The molecule has 31 heavy (non-hydrogen) atoms. The Balaban J connectivity index is 1.58. The molecule has 162 valence electrons. The first-order valence-electron chi connectivity index (χ1n) is 9.84. The maximum absolute atomic E-state index is 11.8. The summed E-state index contributed by atoms with van der Waals surface area (Å²) in [7, 11) is -3.22. The van der Waals surface area contributed by atoms with Gasteiger partial charge in [-0.1, -0.05) is 0 Å². The monoisotopic (exact) mass is 442 g/mol. The van der Waals surface area contributed by atoms with E-state index in [1.165, 1.54) is 23.1 Å². The zero-order valence-electron chi connectivity index (χ0n) is 17.0. The number of ether oxygens (including phenoxy) is 2. The van der Waals surface area contributed by atoms with Crippen molar-refractivity contribution in [3.63, 3.8) is 0 Å². The minimum absolute atomic E-state index is 0.364. The fourth-order valence-electron chi connectivity index (χ4n) is 3.36. The van der Waals surface area contributed by atoms with Crippen LogP contribution in [0.5, 0.6) is 0 Å². The van der Waals surface area contributed by atoms with E-state index in [2.05, 4.69) is 21.0 Å². The van der Waals surface area contributed by atoms with E-state index in [9.17, 15) is 8.42 Å². The van der Waals surface area contributed by atoms with Crippen LogP contribution in [0.4, 0.5) is 5.95 Å². The number of anilines is 1. The number of piperazine rings is 1. The number of sulfonamides is 1. The number of aryl methyl sites for hydroxylation is 1. The van der Waals surface area contributed by atoms with E-state index in [-0.39, 0.29) is 6.29 Å². The molecule has 0 amide bonds. The highest BCUT2D eigenvalue weighted by Crippen LogP contribution is 2.21. The van der Waals surface area contributed by atoms with Gasteiger partial charge in [-0.05, 0) is 24.3 Å². The highest BCUT2D eigenvalue weighted by molar-refractivity contribution is 7.88. The third-order valence-corrected chi connectivity index (χ3v) is 6.36. The molecule has 0 N–H and O–H groups in total. The van der Waals surface area contributed by atoms with E-state index in [0.717, 1.165) is 5.56 Å². The van der Waals surface area contributed by atoms with Gasteiger partial charge in [0.2, 0.25) is 22.3 Å². The van der Waals surface area contributed by atoms with Gasteiger partial charge in [-0.25, -0.2) is 13.4 Å². The molecule has 0 spiro atoms. The van der Waals surface area contributed by atoms with Crippen LogP contribution in [0.1, 0.15) is 17.8 Å². The second-order valence-electron chi connectivity index (χ2n) is 7.23. The van der Waals surface area contributed by atoms with Crippen LogP contribution in [-0.4, -0.2) is 66.4 Å². The van der Waals surface area contributed by atoms with Crippen molar-refractivity contribution in [2.45, 2.75) is 19.1 Å². The normalized spacial score (nSPS) is 17.2. The summed E-state index contributed by atoms with van der Waals surface area (Å²) in [5, 5.41) is 9.04. The van der Waals surface area contributed by atoms with Crippen molar-refractivity contribution in [3.8, 4) is 17.5 Å². The zero-order valence-corrected chi connectivity index (χ0v) is 17.8. The minimum atomic E-state index is -3.22. The summed E-state index contributed by atoms with van der Waals surface area (Å²) in [6, 6.07) is 9.14. The van der Waals surface area contributed by atoms with Gasteiger partial charge in [0, 0.05) is 44.6 Å². The van der Waals surface area contributed by atoms with Gasteiger partial charge < -0.3 is 14.4 Å². The molecule has 1 saturated heterocycles. The summed E-state index contributed by atoms with van der Waals surface area (Å²) in [5.41, 5.74) is 1.33. The van der Waals surface area contributed by atoms with Gasteiger partial charge in [0.05, 0.1) is 17.9 Å². The summed E-state index contributed by atoms with van der Waals surface area (Å²) in [6.45, 7) is 1.73. The van der Waals surface area contributed by atoms with Gasteiger partial charge in [0.1, 0.15) is 18.3 Å². The average molecular weight is 443 g/mol. The molecule has 10 nitrogen and oxygen atoms in total. The Bertz CT molecular complexity index is 1100. The fourth-order valence-corrected chi connectivity index (χ4v) is 4.18. The molecule has 0 atom stereocenters. The third kappa shape index (κ3) is 5.10. The van der Waals surface area contributed by atoms with Gasteiger partial charge in [-0.2, -0.15) is 19.5 Å². The second-order valence-corrected chi connectivity index (χ2v) is 9.21. The molecule has 0 unspecified atom stereocenters. The van der Waals surface area contributed by atoms with Crippen molar-refractivity contribution in [1.29, 1.82) is 5.26 Å². The third-order valence-electron chi connectivity index (χ3n) is 5.05. The Hall–Kier alpha value is -3.23. The lowest BCUT2D eigenvalue weighted by atomic mass is 10.1. The van der Waals surface area contributed by atoms with Crippen molar-refractivity contribution in [2.75, 3.05) is 37.3 Å². The Morgan fingerprint density at radius 1 is 1.06 bits per heavy atom. The van der Waals surface area contributed by atoms with Crippen LogP contribution in [0.2, 0.25) is 0 Å². The molecule has 4 rings (SSSR count). The lowest BCUT2D eigenvalue weighted by molar-refractivity contribution is -0.0278. The maximum atomic E-state index is 11.8. The first kappa shape index (κ1) is 21.0. The van der Waals surface area contributed by atoms with Gasteiger partial charge >= 0.3 is 0 Å². The van der Waals surface area contributed by atoms with Crippen LogP contribution >= 0.6 is 0 Å². The first-order chi connectivity index (χ1) is 14.9. The highest BCUT2D eigenvalue weighted by Gasteiger charge is 2.26. The molecule has 1 aromatic carbocycles. The van der Waals surface area contributed by atoms with E-state index in [1.54, 1.807) is 24.3 Å². The number of hydrogen-bond acceptors (Lipinski definition) is 9. The van der Waals surface area contributed by atoms with Crippen LogP contribution in [0.15, 0.2) is 36.8 Å². The molecule has 0 saturated carbocycles. The Morgan fingerprint density at radius 2 is 1.74 bits per heavy atom. The summed E-state index contributed by atoms with van der Waals surface area (Å²) >= 11 is 0. The van der Waals surface area contributed by atoms with E-state index >= 15 is 0 Å². The lowest BCUT2D eigenvalue weighted by Gasteiger charge is -2.33. The molecule has 1 aromatic heterocycles. The van der Waals surface area contributed by atoms with Crippen LogP contribution in [-0.2, 0) is 25.9 Å². The number of nitriles is 1. The van der Waals surface area contributed by atoms with Crippen LogP contribution < -0.4 is 4.90 Å².